The van der Waals surface area contributed by atoms with E-state index in [1.807, 2.05) is 134 Å². The van der Waals surface area contributed by atoms with Crippen molar-refractivity contribution in [1.29, 1.82) is 0 Å². The molecule has 0 saturated heterocycles. The van der Waals surface area contributed by atoms with Gasteiger partial charge < -0.3 is 9.47 Å². The quantitative estimate of drug-likeness (QED) is 0.0800. The van der Waals surface area contributed by atoms with Gasteiger partial charge in [-0.05, 0) is 83.6 Å². The van der Waals surface area contributed by atoms with Gasteiger partial charge in [0.1, 0.15) is 11.5 Å². The lowest BCUT2D eigenvalue weighted by atomic mass is 10.0. The second-order valence-corrected chi connectivity index (χ2v) is 11.7. The normalized spacial score (nSPS) is 11.3. The zero-order valence-electron chi connectivity index (χ0n) is 28.0. The maximum absolute atomic E-state index is 13.7. The van der Waals surface area contributed by atoms with Gasteiger partial charge in [-0.3, -0.25) is 14.8 Å². The lowest BCUT2D eigenvalue weighted by Crippen LogP contribution is -2.05. The van der Waals surface area contributed by atoms with Gasteiger partial charge >= 0.3 is 0 Å². The van der Waals surface area contributed by atoms with Crippen LogP contribution in [0.4, 0.5) is 11.4 Å². The summed E-state index contributed by atoms with van der Waals surface area (Å²) in [6.07, 6.45) is 10.5. The summed E-state index contributed by atoms with van der Waals surface area (Å²) in [6.45, 7) is 5.85. The third-order valence-corrected chi connectivity index (χ3v) is 8.00. The predicted molar refractivity (Wildman–Crippen MR) is 201 cm³/mol. The molecule has 5 rings (SSSR count). The number of rotatable bonds is 16. The van der Waals surface area contributed by atoms with Crippen LogP contribution < -0.4 is 14.9 Å². The maximum atomic E-state index is 13.7. The first-order valence-corrected chi connectivity index (χ1v) is 17.0. The Morgan fingerprint density at radius 3 is 1.27 bits per heavy atom. The van der Waals surface area contributed by atoms with Crippen LogP contribution in [0.5, 0.6) is 11.5 Å². The molecule has 0 N–H and O–H groups in total. The van der Waals surface area contributed by atoms with Crippen molar-refractivity contribution in [3.63, 3.8) is 0 Å². The van der Waals surface area contributed by atoms with E-state index in [4.69, 9.17) is 9.47 Å². The molecule has 5 heteroatoms. The monoisotopic (exact) mass is 636 g/mol. The van der Waals surface area contributed by atoms with Gasteiger partial charge in [0.15, 0.2) is 5.43 Å². The SMILES string of the molecule is CCCCCOc1ccc(N=Cc2ccc(-c3ccccc(-c4ccc(C=Nc5ccc(OCCCCC)cc5)cc4)c3=O)cc2)cc1. The van der Waals surface area contributed by atoms with Crippen molar-refractivity contribution in [2.45, 2.75) is 52.4 Å². The highest BCUT2D eigenvalue weighted by molar-refractivity contribution is 5.84. The number of hydrogen-bond acceptors (Lipinski definition) is 5. The van der Waals surface area contributed by atoms with Crippen molar-refractivity contribution in [1.82, 2.24) is 0 Å². The molecular weight excluding hydrogens is 592 g/mol. The number of ether oxygens (including phenoxy) is 2. The molecule has 0 bridgehead atoms. The van der Waals surface area contributed by atoms with Crippen molar-refractivity contribution >= 4 is 23.8 Å². The zero-order chi connectivity index (χ0) is 33.4. The van der Waals surface area contributed by atoms with Crippen molar-refractivity contribution in [2.75, 3.05) is 13.2 Å². The zero-order valence-corrected chi connectivity index (χ0v) is 28.0. The molecule has 5 nitrogen and oxygen atoms in total. The van der Waals surface area contributed by atoms with Crippen LogP contribution in [0.2, 0.25) is 0 Å². The Bertz CT molecular complexity index is 1690. The largest absolute Gasteiger partial charge is 0.494 e. The van der Waals surface area contributed by atoms with E-state index >= 15 is 0 Å². The lowest BCUT2D eigenvalue weighted by molar-refractivity contribution is 0.306. The molecule has 244 valence electrons. The maximum Gasteiger partial charge on any atom is 0.194 e. The minimum Gasteiger partial charge on any atom is -0.494 e. The molecule has 0 saturated carbocycles. The molecule has 0 aromatic heterocycles. The average Bonchev–Trinajstić information content (AvgIpc) is 3.33. The summed E-state index contributed by atoms with van der Waals surface area (Å²) >= 11 is 0. The Morgan fingerprint density at radius 1 is 0.500 bits per heavy atom. The lowest BCUT2D eigenvalue weighted by Gasteiger charge is -2.05. The number of unbranched alkanes of at least 4 members (excludes halogenated alkanes) is 4. The van der Waals surface area contributed by atoms with Crippen LogP contribution >= 0.6 is 0 Å². The highest BCUT2D eigenvalue weighted by atomic mass is 16.5. The topological polar surface area (TPSA) is 60.3 Å². The van der Waals surface area contributed by atoms with Gasteiger partial charge in [-0.25, -0.2) is 0 Å². The second kappa shape index (κ2) is 18.2. The highest BCUT2D eigenvalue weighted by Crippen LogP contribution is 2.23. The summed E-state index contributed by atoms with van der Waals surface area (Å²) < 4.78 is 11.6. The first kappa shape index (κ1) is 34.1. The number of benzene rings is 4. The van der Waals surface area contributed by atoms with E-state index in [0.29, 0.717) is 11.1 Å². The second-order valence-electron chi connectivity index (χ2n) is 11.7. The summed E-state index contributed by atoms with van der Waals surface area (Å²) in [6, 6.07) is 39.1. The van der Waals surface area contributed by atoms with Crippen LogP contribution in [0.3, 0.4) is 0 Å². The van der Waals surface area contributed by atoms with Crippen LogP contribution in [0.15, 0.2) is 136 Å². The number of aliphatic imine (C=N–C) groups is 2. The van der Waals surface area contributed by atoms with E-state index in [1.54, 1.807) is 0 Å². The first-order chi connectivity index (χ1) is 23.6. The fraction of sp³-hybridized carbons (Fsp3) is 0.233. The molecule has 0 spiro atoms. The molecule has 0 fully saturated rings. The van der Waals surface area contributed by atoms with E-state index in [2.05, 4.69) is 23.8 Å². The molecule has 0 aliphatic carbocycles. The smallest absolute Gasteiger partial charge is 0.194 e. The molecule has 0 amide bonds. The fourth-order valence-electron chi connectivity index (χ4n) is 5.19. The van der Waals surface area contributed by atoms with Crippen molar-refractivity contribution in [2.24, 2.45) is 9.98 Å². The Morgan fingerprint density at radius 2 is 0.896 bits per heavy atom. The van der Waals surface area contributed by atoms with E-state index in [9.17, 15) is 4.79 Å². The minimum absolute atomic E-state index is 0.0168. The molecule has 48 heavy (non-hydrogen) atoms. The van der Waals surface area contributed by atoms with E-state index in [-0.39, 0.29) is 5.43 Å². The summed E-state index contributed by atoms with van der Waals surface area (Å²) in [5.74, 6) is 1.73. The molecule has 0 atom stereocenters. The Balaban J connectivity index is 1.22. The number of hydrogen-bond donors (Lipinski definition) is 0. The van der Waals surface area contributed by atoms with Gasteiger partial charge in [-0.2, -0.15) is 0 Å². The summed E-state index contributed by atoms with van der Waals surface area (Å²) in [5.41, 5.74) is 6.63. The molecule has 5 aromatic rings. The molecule has 0 aliphatic rings. The van der Waals surface area contributed by atoms with E-state index in [0.717, 1.165) is 71.2 Å². The standard InChI is InChI=1S/C43H44N2O3/c1-3-5-9-29-47-39-25-21-37(22-26-39)44-31-33-13-17-35(18-14-33)41-11-7-8-12-42(43(41)46)36-19-15-34(16-20-36)32-45-38-23-27-40(28-24-38)48-30-10-6-4-2/h7-8,11-28,31-32H,3-6,9-10,29-30H2,1-2H3. The van der Waals surface area contributed by atoms with Crippen LogP contribution in [0.1, 0.15) is 63.5 Å². The van der Waals surface area contributed by atoms with Gasteiger partial charge in [-0.1, -0.05) is 112 Å². The third-order valence-electron chi connectivity index (χ3n) is 8.00. The molecule has 0 radical (unpaired) electrons. The Hall–Kier alpha value is -5.29. The van der Waals surface area contributed by atoms with Gasteiger partial charge in [0, 0.05) is 23.6 Å². The number of nitrogens with zero attached hydrogens (tertiary/aromatic N) is 2. The van der Waals surface area contributed by atoms with Crippen molar-refractivity contribution < 1.29 is 9.47 Å². The Labute approximate surface area is 284 Å². The summed E-state index contributed by atoms with van der Waals surface area (Å²) in [7, 11) is 0. The predicted octanol–water partition coefficient (Wildman–Crippen LogP) is 11.0. The van der Waals surface area contributed by atoms with Crippen molar-refractivity contribution in [3.8, 4) is 33.8 Å². The van der Waals surface area contributed by atoms with Gasteiger partial charge in [0.25, 0.3) is 0 Å². The molecule has 0 aliphatic heterocycles. The molecule has 0 unspecified atom stereocenters. The fourth-order valence-corrected chi connectivity index (χ4v) is 5.19. The van der Waals surface area contributed by atoms with Gasteiger partial charge in [0.2, 0.25) is 0 Å². The highest BCUT2D eigenvalue weighted by Gasteiger charge is 2.08. The molecule has 0 heterocycles. The Kier molecular flexibility index (Phi) is 12.9. The van der Waals surface area contributed by atoms with Crippen molar-refractivity contribution in [3.05, 3.63) is 143 Å². The van der Waals surface area contributed by atoms with Gasteiger partial charge in [-0.15, -0.1) is 0 Å². The summed E-state index contributed by atoms with van der Waals surface area (Å²) in [5, 5.41) is 0. The van der Waals surface area contributed by atoms with Crippen LogP contribution in [0.25, 0.3) is 22.3 Å². The average molecular weight is 637 g/mol. The molecule has 5 aromatic carbocycles. The van der Waals surface area contributed by atoms with E-state index in [1.165, 1.54) is 25.7 Å². The van der Waals surface area contributed by atoms with Crippen LogP contribution in [0, 0.1) is 0 Å². The minimum atomic E-state index is -0.0168. The van der Waals surface area contributed by atoms with Crippen LogP contribution in [-0.4, -0.2) is 25.6 Å². The van der Waals surface area contributed by atoms with Gasteiger partial charge in [0.05, 0.1) is 24.6 Å². The first-order valence-electron chi connectivity index (χ1n) is 17.0. The molecular formula is C43H44N2O3. The summed E-state index contributed by atoms with van der Waals surface area (Å²) in [4.78, 5) is 23.0. The van der Waals surface area contributed by atoms with E-state index < -0.39 is 0 Å². The van der Waals surface area contributed by atoms with Crippen LogP contribution in [-0.2, 0) is 0 Å². The third kappa shape index (κ3) is 10.1.